The van der Waals surface area contributed by atoms with E-state index in [2.05, 4.69) is 38.9 Å². The zero-order chi connectivity index (χ0) is 16.1. The van der Waals surface area contributed by atoms with Crippen molar-refractivity contribution in [2.45, 2.75) is 13.8 Å². The number of nitrogens with one attached hydrogen (secondary N) is 1. The predicted molar refractivity (Wildman–Crippen MR) is 96.4 cm³/mol. The number of halogens is 1. The Hall–Kier alpha value is -2.40. The molecule has 0 bridgehead atoms. The number of hydrogen-bond acceptors (Lipinski definition) is 2. The summed E-state index contributed by atoms with van der Waals surface area (Å²) in [6.07, 6.45) is 1.72. The molecular weight excluding hydrogens is 354 g/mol. The van der Waals surface area contributed by atoms with Crippen LogP contribution in [0.2, 0.25) is 0 Å². The van der Waals surface area contributed by atoms with E-state index < -0.39 is 0 Å². The average Bonchev–Trinajstić information content (AvgIpc) is 2.86. The standard InChI is InChI=1S/C18H14BrN3O/c1-10-4-3-5-16(11(10)2)22-17-13-8-12(19)6-7-14(13)20-9-15(17)21-18(22)23/h3-9H,1-2H3,(H,21,23). The highest BCUT2D eigenvalue weighted by atomic mass is 79.9. The number of imidazole rings is 1. The van der Waals surface area contributed by atoms with E-state index >= 15 is 0 Å². The van der Waals surface area contributed by atoms with Crippen molar-refractivity contribution in [1.29, 1.82) is 0 Å². The third-order valence-corrected chi connectivity index (χ3v) is 4.78. The van der Waals surface area contributed by atoms with Gasteiger partial charge in [-0.25, -0.2) is 4.79 Å². The molecule has 0 saturated carbocycles. The second-order valence-corrected chi connectivity index (χ2v) is 6.58. The summed E-state index contributed by atoms with van der Waals surface area (Å²) in [4.78, 5) is 19.9. The maximum atomic E-state index is 12.6. The van der Waals surface area contributed by atoms with Crippen molar-refractivity contribution < 1.29 is 0 Å². The van der Waals surface area contributed by atoms with Crippen molar-refractivity contribution in [3.05, 3.63) is 68.7 Å². The monoisotopic (exact) mass is 367 g/mol. The van der Waals surface area contributed by atoms with Gasteiger partial charge in [0.2, 0.25) is 0 Å². The van der Waals surface area contributed by atoms with E-state index in [1.54, 1.807) is 10.8 Å². The summed E-state index contributed by atoms with van der Waals surface area (Å²) in [7, 11) is 0. The zero-order valence-corrected chi connectivity index (χ0v) is 14.3. The molecule has 0 fully saturated rings. The van der Waals surface area contributed by atoms with Crippen molar-refractivity contribution in [2.75, 3.05) is 0 Å². The number of aromatic nitrogens is 3. The van der Waals surface area contributed by atoms with Crippen LogP contribution >= 0.6 is 15.9 Å². The number of rotatable bonds is 1. The third kappa shape index (κ3) is 2.11. The van der Waals surface area contributed by atoms with Crippen LogP contribution in [0.25, 0.3) is 27.6 Å². The van der Waals surface area contributed by atoms with Crippen molar-refractivity contribution in [3.63, 3.8) is 0 Å². The highest BCUT2D eigenvalue weighted by molar-refractivity contribution is 9.10. The highest BCUT2D eigenvalue weighted by Gasteiger charge is 2.15. The molecule has 4 aromatic rings. The second-order valence-electron chi connectivity index (χ2n) is 5.67. The lowest BCUT2D eigenvalue weighted by atomic mass is 10.1. The van der Waals surface area contributed by atoms with Crippen molar-refractivity contribution >= 4 is 37.9 Å². The molecular formula is C18H14BrN3O. The average molecular weight is 368 g/mol. The Kier molecular flexibility index (Phi) is 3.13. The molecule has 0 aliphatic rings. The van der Waals surface area contributed by atoms with Gasteiger partial charge in [0.05, 0.1) is 28.4 Å². The number of fused-ring (bicyclic) bond motifs is 3. The quantitative estimate of drug-likeness (QED) is 0.546. The normalized spacial score (nSPS) is 11.4. The molecule has 0 aliphatic heterocycles. The summed E-state index contributed by atoms with van der Waals surface area (Å²) in [6.45, 7) is 4.09. The number of aryl methyl sites for hydroxylation is 1. The molecule has 2 heterocycles. The van der Waals surface area contributed by atoms with Crippen molar-refractivity contribution in [3.8, 4) is 5.69 Å². The number of pyridine rings is 1. The molecule has 5 heteroatoms. The Morgan fingerprint density at radius 1 is 1.17 bits per heavy atom. The van der Waals surface area contributed by atoms with Crippen LogP contribution < -0.4 is 5.69 Å². The Morgan fingerprint density at radius 3 is 2.83 bits per heavy atom. The van der Waals surface area contributed by atoms with Crippen LogP contribution in [-0.4, -0.2) is 14.5 Å². The summed E-state index contributed by atoms with van der Waals surface area (Å²) in [5.41, 5.74) is 5.45. The van der Waals surface area contributed by atoms with Crippen LogP contribution in [0.5, 0.6) is 0 Å². The van der Waals surface area contributed by atoms with E-state index in [9.17, 15) is 4.79 Å². The van der Waals surface area contributed by atoms with Crippen LogP contribution in [0.1, 0.15) is 11.1 Å². The van der Waals surface area contributed by atoms with E-state index in [1.165, 1.54) is 0 Å². The molecule has 2 aromatic carbocycles. The van der Waals surface area contributed by atoms with Gasteiger partial charge in [-0.05, 0) is 49.2 Å². The maximum absolute atomic E-state index is 12.6. The van der Waals surface area contributed by atoms with Crippen LogP contribution in [0.3, 0.4) is 0 Å². The fourth-order valence-electron chi connectivity index (χ4n) is 2.96. The maximum Gasteiger partial charge on any atom is 0.331 e. The van der Waals surface area contributed by atoms with Gasteiger partial charge < -0.3 is 4.98 Å². The molecule has 0 atom stereocenters. The molecule has 2 aromatic heterocycles. The number of nitrogens with zero attached hydrogens (tertiary/aromatic N) is 2. The molecule has 0 radical (unpaired) electrons. The molecule has 114 valence electrons. The van der Waals surface area contributed by atoms with E-state index in [-0.39, 0.29) is 5.69 Å². The zero-order valence-electron chi connectivity index (χ0n) is 12.7. The fourth-order valence-corrected chi connectivity index (χ4v) is 3.32. The van der Waals surface area contributed by atoms with Crippen molar-refractivity contribution in [2.24, 2.45) is 0 Å². The second kappa shape index (κ2) is 5.06. The summed E-state index contributed by atoms with van der Waals surface area (Å²) in [5, 5.41) is 0.941. The molecule has 4 rings (SSSR count). The van der Waals surface area contributed by atoms with Gasteiger partial charge in [0.25, 0.3) is 0 Å². The molecule has 0 unspecified atom stereocenters. The largest absolute Gasteiger partial charge is 0.331 e. The number of benzene rings is 2. The lowest BCUT2D eigenvalue weighted by molar-refractivity contribution is 1.00. The van der Waals surface area contributed by atoms with Gasteiger partial charge in [-0.15, -0.1) is 0 Å². The molecule has 0 saturated heterocycles. The van der Waals surface area contributed by atoms with Crippen LogP contribution in [-0.2, 0) is 0 Å². The smallest absolute Gasteiger partial charge is 0.304 e. The summed E-state index contributed by atoms with van der Waals surface area (Å²) < 4.78 is 2.70. The van der Waals surface area contributed by atoms with Gasteiger partial charge >= 0.3 is 5.69 Å². The molecule has 1 N–H and O–H groups in total. The molecule has 23 heavy (non-hydrogen) atoms. The highest BCUT2D eigenvalue weighted by Crippen LogP contribution is 2.28. The Balaban J connectivity index is 2.23. The van der Waals surface area contributed by atoms with E-state index in [0.29, 0.717) is 0 Å². The van der Waals surface area contributed by atoms with Crippen molar-refractivity contribution in [1.82, 2.24) is 14.5 Å². The first-order valence-electron chi connectivity index (χ1n) is 7.32. The fraction of sp³-hybridized carbons (Fsp3) is 0.111. The first-order valence-corrected chi connectivity index (χ1v) is 8.11. The van der Waals surface area contributed by atoms with Gasteiger partial charge in [-0.1, -0.05) is 28.1 Å². The Labute approximate surface area is 140 Å². The Bertz CT molecular complexity index is 1120. The summed E-state index contributed by atoms with van der Waals surface area (Å²) in [5.74, 6) is 0. The first-order chi connectivity index (χ1) is 11.1. The number of H-pyrrole nitrogens is 1. The minimum atomic E-state index is -0.150. The molecule has 4 nitrogen and oxygen atoms in total. The van der Waals surface area contributed by atoms with E-state index in [1.807, 2.05) is 37.3 Å². The van der Waals surface area contributed by atoms with Crippen LogP contribution in [0.15, 0.2) is 51.9 Å². The SMILES string of the molecule is Cc1cccc(-n2c(=O)[nH]c3cnc4ccc(Br)cc4c32)c1C. The van der Waals surface area contributed by atoms with E-state index in [0.717, 1.165) is 43.2 Å². The number of aromatic amines is 1. The van der Waals surface area contributed by atoms with Gasteiger partial charge in [-0.3, -0.25) is 9.55 Å². The lowest BCUT2D eigenvalue weighted by Gasteiger charge is -2.11. The lowest BCUT2D eigenvalue weighted by Crippen LogP contribution is -2.16. The van der Waals surface area contributed by atoms with Crippen LogP contribution in [0, 0.1) is 13.8 Å². The summed E-state index contributed by atoms with van der Waals surface area (Å²) in [6, 6.07) is 11.9. The Morgan fingerprint density at radius 2 is 2.00 bits per heavy atom. The number of hydrogen-bond donors (Lipinski definition) is 1. The third-order valence-electron chi connectivity index (χ3n) is 4.29. The molecule has 0 amide bonds. The topological polar surface area (TPSA) is 50.7 Å². The van der Waals surface area contributed by atoms with Gasteiger partial charge in [-0.2, -0.15) is 0 Å². The minimum absolute atomic E-state index is 0.150. The summed E-state index contributed by atoms with van der Waals surface area (Å²) >= 11 is 3.51. The van der Waals surface area contributed by atoms with E-state index in [4.69, 9.17) is 0 Å². The van der Waals surface area contributed by atoms with Gasteiger partial charge in [0.15, 0.2) is 0 Å². The minimum Gasteiger partial charge on any atom is -0.304 e. The van der Waals surface area contributed by atoms with Gasteiger partial charge in [0.1, 0.15) is 0 Å². The first kappa shape index (κ1) is 14.2. The van der Waals surface area contributed by atoms with Gasteiger partial charge in [0, 0.05) is 9.86 Å². The molecule has 0 spiro atoms. The molecule has 0 aliphatic carbocycles. The predicted octanol–water partition coefficient (Wildman–Crippen LogP) is 4.25. The van der Waals surface area contributed by atoms with Crippen LogP contribution in [0.4, 0.5) is 0 Å².